The Kier molecular flexibility index (Phi) is 5.22. The van der Waals surface area contributed by atoms with Crippen molar-refractivity contribution in [2.75, 3.05) is 52.9 Å². The second kappa shape index (κ2) is 6.69. The van der Waals surface area contributed by atoms with Crippen LogP contribution in [0.5, 0.6) is 0 Å². The largest absolute Gasteiger partial charge is 0.374 e. The fourth-order valence-corrected chi connectivity index (χ4v) is 2.87. The second-order valence-electron chi connectivity index (χ2n) is 5.25. The molecule has 0 aliphatic carbocycles. The van der Waals surface area contributed by atoms with E-state index in [4.69, 9.17) is 4.74 Å². The number of ether oxygens (including phenoxy) is 1. The van der Waals surface area contributed by atoms with Crippen molar-refractivity contribution in [3.8, 4) is 0 Å². The van der Waals surface area contributed by atoms with Gasteiger partial charge in [0.05, 0.1) is 12.7 Å². The highest BCUT2D eigenvalue weighted by Crippen LogP contribution is 2.13. The zero-order valence-corrected chi connectivity index (χ0v) is 11.3. The van der Waals surface area contributed by atoms with Gasteiger partial charge in [0.2, 0.25) is 0 Å². The maximum atomic E-state index is 5.87. The van der Waals surface area contributed by atoms with E-state index in [9.17, 15) is 0 Å². The molecule has 0 saturated carbocycles. The highest BCUT2D eigenvalue weighted by molar-refractivity contribution is 4.80. The first-order valence-corrected chi connectivity index (χ1v) is 7.05. The molecule has 2 aliphatic rings. The molecule has 0 aromatic carbocycles. The lowest BCUT2D eigenvalue weighted by molar-refractivity contribution is -0.0444. The van der Waals surface area contributed by atoms with Crippen molar-refractivity contribution in [3.05, 3.63) is 0 Å². The van der Waals surface area contributed by atoms with Gasteiger partial charge in [0, 0.05) is 25.7 Å². The van der Waals surface area contributed by atoms with Crippen LogP contribution in [0.3, 0.4) is 0 Å². The Balaban J connectivity index is 1.70. The molecule has 0 aromatic rings. The van der Waals surface area contributed by atoms with Crippen molar-refractivity contribution in [1.82, 2.24) is 15.1 Å². The summed E-state index contributed by atoms with van der Waals surface area (Å²) < 4.78 is 5.87. The van der Waals surface area contributed by atoms with Crippen molar-refractivity contribution in [2.24, 2.45) is 0 Å². The van der Waals surface area contributed by atoms with Crippen LogP contribution < -0.4 is 5.32 Å². The molecule has 0 aromatic heterocycles. The molecule has 0 amide bonds. The first-order chi connectivity index (χ1) is 8.31. The Morgan fingerprint density at radius 2 is 1.94 bits per heavy atom. The Morgan fingerprint density at radius 1 is 1.18 bits per heavy atom. The minimum atomic E-state index is 0.426. The molecule has 0 radical (unpaired) electrons. The summed E-state index contributed by atoms with van der Waals surface area (Å²) in [4.78, 5) is 5.06. The fraction of sp³-hybridized carbons (Fsp3) is 1.00. The van der Waals surface area contributed by atoms with Crippen LogP contribution in [-0.4, -0.2) is 74.9 Å². The Bertz CT molecular complexity index is 217. The van der Waals surface area contributed by atoms with Gasteiger partial charge in [-0.05, 0) is 39.5 Å². The molecule has 17 heavy (non-hydrogen) atoms. The molecule has 0 bridgehead atoms. The van der Waals surface area contributed by atoms with Crippen LogP contribution in [0.25, 0.3) is 0 Å². The van der Waals surface area contributed by atoms with Crippen molar-refractivity contribution < 1.29 is 4.74 Å². The quantitative estimate of drug-likeness (QED) is 0.771. The number of nitrogens with one attached hydrogen (secondary N) is 1. The van der Waals surface area contributed by atoms with Gasteiger partial charge >= 0.3 is 0 Å². The van der Waals surface area contributed by atoms with Crippen LogP contribution in [0.4, 0.5) is 0 Å². The zero-order valence-electron chi connectivity index (χ0n) is 11.3. The number of morpholine rings is 1. The molecular formula is C13H27N3O. The van der Waals surface area contributed by atoms with Crippen LogP contribution in [0.1, 0.15) is 19.8 Å². The molecule has 2 saturated heterocycles. The topological polar surface area (TPSA) is 27.7 Å². The molecule has 4 heteroatoms. The normalized spacial score (nSPS) is 29.6. The molecule has 1 N–H and O–H groups in total. The predicted molar refractivity (Wildman–Crippen MR) is 70.4 cm³/mol. The van der Waals surface area contributed by atoms with Gasteiger partial charge in [0.15, 0.2) is 0 Å². The summed E-state index contributed by atoms with van der Waals surface area (Å²) in [6.45, 7) is 10.1. The number of rotatable bonds is 4. The van der Waals surface area contributed by atoms with E-state index in [2.05, 4.69) is 29.1 Å². The van der Waals surface area contributed by atoms with E-state index in [1.165, 1.54) is 25.9 Å². The lowest BCUT2D eigenvalue weighted by Crippen LogP contribution is -2.50. The Morgan fingerprint density at radius 3 is 2.59 bits per heavy atom. The molecule has 1 atom stereocenters. The molecular weight excluding hydrogens is 214 g/mol. The predicted octanol–water partition coefficient (Wildman–Crippen LogP) is 0.391. The SMILES string of the molecule is CCN1CCOC(CN2CCC(NC)CC2)C1. The molecule has 2 fully saturated rings. The molecule has 2 rings (SSSR count). The van der Waals surface area contributed by atoms with Crippen LogP contribution in [0.15, 0.2) is 0 Å². The third-order valence-corrected chi connectivity index (χ3v) is 4.13. The second-order valence-corrected chi connectivity index (χ2v) is 5.25. The van der Waals surface area contributed by atoms with Gasteiger partial charge in [0.25, 0.3) is 0 Å². The fourth-order valence-electron chi connectivity index (χ4n) is 2.87. The minimum Gasteiger partial charge on any atom is -0.374 e. The van der Waals surface area contributed by atoms with E-state index in [1.807, 2.05) is 0 Å². The van der Waals surface area contributed by atoms with Crippen LogP contribution in [0.2, 0.25) is 0 Å². The van der Waals surface area contributed by atoms with Crippen molar-refractivity contribution in [1.29, 1.82) is 0 Å². The summed E-state index contributed by atoms with van der Waals surface area (Å²) in [6.07, 6.45) is 2.98. The number of likely N-dealkylation sites (N-methyl/N-ethyl adjacent to an activating group) is 1. The zero-order chi connectivity index (χ0) is 12.1. The monoisotopic (exact) mass is 241 g/mol. The van der Waals surface area contributed by atoms with E-state index in [0.29, 0.717) is 6.10 Å². The summed E-state index contributed by atoms with van der Waals surface area (Å²) in [5.41, 5.74) is 0. The maximum absolute atomic E-state index is 5.87. The van der Waals surface area contributed by atoms with E-state index in [1.54, 1.807) is 0 Å². The third kappa shape index (κ3) is 3.91. The van der Waals surface area contributed by atoms with E-state index >= 15 is 0 Å². The maximum Gasteiger partial charge on any atom is 0.0829 e. The smallest absolute Gasteiger partial charge is 0.0829 e. The van der Waals surface area contributed by atoms with E-state index < -0.39 is 0 Å². The number of hydrogen-bond acceptors (Lipinski definition) is 4. The number of nitrogens with zero attached hydrogens (tertiary/aromatic N) is 2. The number of hydrogen-bond donors (Lipinski definition) is 1. The molecule has 1 unspecified atom stereocenters. The van der Waals surface area contributed by atoms with E-state index in [0.717, 1.165) is 38.8 Å². The first-order valence-electron chi connectivity index (χ1n) is 7.05. The lowest BCUT2D eigenvalue weighted by Gasteiger charge is -2.37. The standard InChI is InChI=1S/C13H27N3O/c1-3-15-8-9-17-13(10-15)11-16-6-4-12(14-2)5-7-16/h12-14H,3-11H2,1-2H3. The third-order valence-electron chi connectivity index (χ3n) is 4.13. The number of piperidine rings is 1. The average Bonchev–Trinajstić information content (AvgIpc) is 2.40. The summed E-state index contributed by atoms with van der Waals surface area (Å²) >= 11 is 0. The van der Waals surface area contributed by atoms with Gasteiger partial charge in [-0.25, -0.2) is 0 Å². The highest BCUT2D eigenvalue weighted by atomic mass is 16.5. The van der Waals surface area contributed by atoms with Gasteiger partial charge in [-0.1, -0.05) is 6.92 Å². The Hall–Kier alpha value is -0.160. The van der Waals surface area contributed by atoms with Gasteiger partial charge in [0.1, 0.15) is 0 Å². The average molecular weight is 241 g/mol. The van der Waals surface area contributed by atoms with Crippen LogP contribution in [0, 0.1) is 0 Å². The minimum absolute atomic E-state index is 0.426. The summed E-state index contributed by atoms with van der Waals surface area (Å²) in [5, 5.41) is 3.38. The van der Waals surface area contributed by atoms with Gasteiger partial charge in [-0.3, -0.25) is 4.90 Å². The summed E-state index contributed by atoms with van der Waals surface area (Å²) in [6, 6.07) is 0.727. The van der Waals surface area contributed by atoms with Gasteiger partial charge < -0.3 is 15.0 Å². The highest BCUT2D eigenvalue weighted by Gasteiger charge is 2.24. The Labute approximate surface area is 105 Å². The van der Waals surface area contributed by atoms with Crippen molar-refractivity contribution >= 4 is 0 Å². The van der Waals surface area contributed by atoms with Crippen LogP contribution >= 0.6 is 0 Å². The molecule has 2 heterocycles. The number of likely N-dealkylation sites (tertiary alicyclic amines) is 1. The molecule has 2 aliphatic heterocycles. The first kappa shape index (κ1) is 13.3. The van der Waals surface area contributed by atoms with E-state index in [-0.39, 0.29) is 0 Å². The molecule has 4 nitrogen and oxygen atoms in total. The van der Waals surface area contributed by atoms with Crippen LogP contribution in [-0.2, 0) is 4.74 Å². The molecule has 0 spiro atoms. The van der Waals surface area contributed by atoms with Crippen molar-refractivity contribution in [2.45, 2.75) is 31.9 Å². The summed E-state index contributed by atoms with van der Waals surface area (Å²) in [7, 11) is 2.07. The van der Waals surface area contributed by atoms with Crippen molar-refractivity contribution in [3.63, 3.8) is 0 Å². The summed E-state index contributed by atoms with van der Waals surface area (Å²) in [5.74, 6) is 0. The molecule has 100 valence electrons. The van der Waals surface area contributed by atoms with Gasteiger partial charge in [-0.15, -0.1) is 0 Å². The lowest BCUT2D eigenvalue weighted by atomic mass is 10.0. The van der Waals surface area contributed by atoms with Gasteiger partial charge in [-0.2, -0.15) is 0 Å².